The highest BCUT2D eigenvalue weighted by atomic mass is 16.5. The van der Waals surface area contributed by atoms with Gasteiger partial charge in [0.1, 0.15) is 0 Å². The molecule has 4 heteroatoms. The van der Waals surface area contributed by atoms with E-state index < -0.39 is 0 Å². The first kappa shape index (κ1) is 12.2. The Morgan fingerprint density at radius 1 is 1.40 bits per heavy atom. The molecule has 0 aliphatic carbocycles. The zero-order chi connectivity index (χ0) is 11.1. The first-order valence-corrected chi connectivity index (χ1v) is 5.81. The standard InChI is InChI=1S/C11H21N3O/c1-4-6-9(3)12-8-7-10-13-11(5-2)15-14-10/h9,12H,4-8H2,1-3H3. The monoisotopic (exact) mass is 211 g/mol. The van der Waals surface area contributed by atoms with Gasteiger partial charge < -0.3 is 9.84 Å². The molecule has 0 spiro atoms. The molecule has 0 amide bonds. The summed E-state index contributed by atoms with van der Waals surface area (Å²) in [4.78, 5) is 4.25. The van der Waals surface area contributed by atoms with Crippen LogP contribution in [-0.2, 0) is 12.8 Å². The molecule has 0 aromatic carbocycles. The Morgan fingerprint density at radius 3 is 2.80 bits per heavy atom. The van der Waals surface area contributed by atoms with Gasteiger partial charge in [0, 0.05) is 25.4 Å². The van der Waals surface area contributed by atoms with E-state index in [4.69, 9.17) is 4.52 Å². The maximum atomic E-state index is 5.03. The van der Waals surface area contributed by atoms with Crippen LogP contribution in [0, 0.1) is 0 Å². The van der Waals surface area contributed by atoms with Gasteiger partial charge >= 0.3 is 0 Å². The van der Waals surface area contributed by atoms with Crippen LogP contribution in [0.25, 0.3) is 0 Å². The van der Waals surface area contributed by atoms with Gasteiger partial charge in [0.25, 0.3) is 0 Å². The van der Waals surface area contributed by atoms with Crippen LogP contribution in [0.1, 0.15) is 45.3 Å². The van der Waals surface area contributed by atoms with Crippen LogP contribution < -0.4 is 5.32 Å². The molecule has 1 N–H and O–H groups in total. The molecule has 1 aromatic rings. The van der Waals surface area contributed by atoms with Crippen LogP contribution >= 0.6 is 0 Å². The highest BCUT2D eigenvalue weighted by molar-refractivity contribution is 4.86. The topological polar surface area (TPSA) is 51.0 Å². The number of aromatic nitrogens is 2. The summed E-state index contributed by atoms with van der Waals surface area (Å²) in [5, 5.41) is 7.34. The lowest BCUT2D eigenvalue weighted by Crippen LogP contribution is -2.28. The van der Waals surface area contributed by atoms with Crippen LogP contribution in [0.15, 0.2) is 4.52 Å². The second-order valence-electron chi connectivity index (χ2n) is 3.85. The first-order valence-electron chi connectivity index (χ1n) is 5.81. The van der Waals surface area contributed by atoms with Gasteiger partial charge in [-0.3, -0.25) is 0 Å². The van der Waals surface area contributed by atoms with Crippen molar-refractivity contribution in [1.82, 2.24) is 15.5 Å². The van der Waals surface area contributed by atoms with E-state index in [1.54, 1.807) is 0 Å². The van der Waals surface area contributed by atoms with Crippen molar-refractivity contribution in [2.75, 3.05) is 6.54 Å². The van der Waals surface area contributed by atoms with E-state index in [0.29, 0.717) is 6.04 Å². The molecule has 86 valence electrons. The van der Waals surface area contributed by atoms with E-state index in [1.165, 1.54) is 12.8 Å². The van der Waals surface area contributed by atoms with Gasteiger partial charge in [0.15, 0.2) is 5.82 Å². The Kier molecular flexibility index (Phi) is 5.32. The fraction of sp³-hybridized carbons (Fsp3) is 0.818. The van der Waals surface area contributed by atoms with Gasteiger partial charge in [-0.1, -0.05) is 25.4 Å². The normalized spacial score (nSPS) is 13.0. The molecule has 0 saturated heterocycles. The Hall–Kier alpha value is -0.900. The number of hydrogen-bond acceptors (Lipinski definition) is 4. The van der Waals surface area contributed by atoms with E-state index >= 15 is 0 Å². The van der Waals surface area contributed by atoms with Crippen molar-refractivity contribution in [2.45, 2.75) is 52.5 Å². The lowest BCUT2D eigenvalue weighted by Gasteiger charge is -2.10. The molecule has 0 aliphatic rings. The van der Waals surface area contributed by atoms with Crippen LogP contribution in [0.4, 0.5) is 0 Å². The van der Waals surface area contributed by atoms with Gasteiger partial charge in [-0.2, -0.15) is 4.98 Å². The lowest BCUT2D eigenvalue weighted by atomic mass is 10.2. The molecule has 0 aliphatic heterocycles. The molecule has 0 bridgehead atoms. The molecule has 0 saturated carbocycles. The van der Waals surface area contributed by atoms with Gasteiger partial charge in [-0.05, 0) is 13.3 Å². The average molecular weight is 211 g/mol. The van der Waals surface area contributed by atoms with Crippen molar-refractivity contribution in [3.8, 4) is 0 Å². The summed E-state index contributed by atoms with van der Waals surface area (Å²) in [6, 6.07) is 0.576. The van der Waals surface area contributed by atoms with E-state index in [2.05, 4.69) is 29.3 Å². The van der Waals surface area contributed by atoms with Crippen LogP contribution in [-0.4, -0.2) is 22.7 Å². The van der Waals surface area contributed by atoms with E-state index in [1.807, 2.05) is 6.92 Å². The largest absolute Gasteiger partial charge is 0.339 e. The van der Waals surface area contributed by atoms with Gasteiger partial charge in [-0.15, -0.1) is 0 Å². The zero-order valence-corrected chi connectivity index (χ0v) is 9.92. The zero-order valence-electron chi connectivity index (χ0n) is 9.92. The minimum absolute atomic E-state index is 0.576. The molecular weight excluding hydrogens is 190 g/mol. The lowest BCUT2D eigenvalue weighted by molar-refractivity contribution is 0.375. The molecule has 1 unspecified atom stereocenters. The second kappa shape index (κ2) is 6.56. The van der Waals surface area contributed by atoms with Crippen LogP contribution in [0.5, 0.6) is 0 Å². The Bertz CT molecular complexity index is 273. The summed E-state index contributed by atoms with van der Waals surface area (Å²) in [5.41, 5.74) is 0. The number of hydrogen-bond donors (Lipinski definition) is 1. The Labute approximate surface area is 91.5 Å². The van der Waals surface area contributed by atoms with Gasteiger partial charge in [0.05, 0.1) is 0 Å². The molecule has 0 fully saturated rings. The fourth-order valence-corrected chi connectivity index (χ4v) is 1.50. The number of nitrogens with zero attached hydrogens (tertiary/aromatic N) is 2. The molecule has 0 radical (unpaired) electrons. The summed E-state index contributed by atoms with van der Waals surface area (Å²) in [5.74, 6) is 1.54. The smallest absolute Gasteiger partial charge is 0.226 e. The van der Waals surface area contributed by atoms with Crippen molar-refractivity contribution in [3.05, 3.63) is 11.7 Å². The predicted octanol–water partition coefficient (Wildman–Crippen LogP) is 1.95. The van der Waals surface area contributed by atoms with Crippen molar-refractivity contribution in [1.29, 1.82) is 0 Å². The van der Waals surface area contributed by atoms with E-state index in [0.717, 1.165) is 31.1 Å². The minimum atomic E-state index is 0.576. The van der Waals surface area contributed by atoms with Crippen molar-refractivity contribution in [3.63, 3.8) is 0 Å². The minimum Gasteiger partial charge on any atom is -0.339 e. The summed E-state index contributed by atoms with van der Waals surface area (Å²) in [6.07, 6.45) is 4.09. The van der Waals surface area contributed by atoms with Gasteiger partial charge in [-0.25, -0.2) is 0 Å². The summed E-state index contributed by atoms with van der Waals surface area (Å²) >= 11 is 0. The fourth-order valence-electron chi connectivity index (χ4n) is 1.50. The summed E-state index contributed by atoms with van der Waals surface area (Å²) in [7, 11) is 0. The SMILES string of the molecule is CCCC(C)NCCc1noc(CC)n1. The Morgan fingerprint density at radius 2 is 2.20 bits per heavy atom. The van der Waals surface area contributed by atoms with Crippen LogP contribution in [0.3, 0.4) is 0 Å². The number of rotatable bonds is 7. The molecule has 1 aromatic heterocycles. The third-order valence-electron chi connectivity index (χ3n) is 2.38. The third kappa shape index (κ3) is 4.42. The van der Waals surface area contributed by atoms with Gasteiger partial charge in [0.2, 0.25) is 5.89 Å². The maximum absolute atomic E-state index is 5.03. The number of aryl methyl sites for hydroxylation is 1. The summed E-state index contributed by atoms with van der Waals surface area (Å²) < 4.78 is 5.03. The highest BCUT2D eigenvalue weighted by Gasteiger charge is 2.04. The maximum Gasteiger partial charge on any atom is 0.226 e. The van der Waals surface area contributed by atoms with Crippen LogP contribution in [0.2, 0.25) is 0 Å². The molecular formula is C11H21N3O. The Balaban J connectivity index is 2.19. The van der Waals surface area contributed by atoms with Crippen molar-refractivity contribution >= 4 is 0 Å². The second-order valence-corrected chi connectivity index (χ2v) is 3.85. The number of nitrogens with one attached hydrogen (secondary N) is 1. The predicted molar refractivity (Wildman–Crippen MR) is 59.8 cm³/mol. The molecule has 1 rings (SSSR count). The van der Waals surface area contributed by atoms with Crippen molar-refractivity contribution in [2.24, 2.45) is 0 Å². The molecule has 4 nitrogen and oxygen atoms in total. The van der Waals surface area contributed by atoms with E-state index in [-0.39, 0.29) is 0 Å². The quantitative estimate of drug-likeness (QED) is 0.749. The highest BCUT2D eigenvalue weighted by Crippen LogP contribution is 1.99. The average Bonchev–Trinajstić information content (AvgIpc) is 2.66. The third-order valence-corrected chi connectivity index (χ3v) is 2.38. The van der Waals surface area contributed by atoms with E-state index in [9.17, 15) is 0 Å². The van der Waals surface area contributed by atoms with Crippen molar-refractivity contribution < 1.29 is 4.52 Å². The molecule has 1 heterocycles. The molecule has 15 heavy (non-hydrogen) atoms. The summed E-state index contributed by atoms with van der Waals surface area (Å²) in [6.45, 7) is 7.34. The molecule has 1 atom stereocenters. The first-order chi connectivity index (χ1) is 7.26.